The molecule has 0 aliphatic rings. The van der Waals surface area contributed by atoms with E-state index in [1.165, 1.54) is 57.8 Å². The molecular weight excluding hydrogens is 264 g/mol. The van der Waals surface area contributed by atoms with Gasteiger partial charge in [0.2, 0.25) is 0 Å². The van der Waals surface area contributed by atoms with E-state index in [1.807, 2.05) is 0 Å². The van der Waals surface area contributed by atoms with E-state index in [9.17, 15) is 4.79 Å². The molecule has 0 aromatic rings. The van der Waals surface area contributed by atoms with Crippen LogP contribution in [-0.4, -0.2) is 22.8 Å². The van der Waals surface area contributed by atoms with Crippen LogP contribution in [-0.2, 0) is 4.79 Å². The van der Waals surface area contributed by atoms with E-state index < -0.39 is 5.97 Å². The van der Waals surface area contributed by atoms with E-state index in [0.717, 1.165) is 19.3 Å². The van der Waals surface area contributed by atoms with Gasteiger partial charge in [-0.25, -0.2) is 0 Å². The summed E-state index contributed by atoms with van der Waals surface area (Å²) in [5.74, 6) is -0.681. The summed E-state index contributed by atoms with van der Waals surface area (Å²) < 4.78 is 0. The minimum absolute atomic E-state index is 0.0552. The Morgan fingerprint density at radius 2 is 1.14 bits per heavy atom. The van der Waals surface area contributed by atoms with Gasteiger partial charge in [0.05, 0.1) is 6.42 Å². The number of unbranched alkanes of at least 4 members (excludes halogenated alkanes) is 10. The number of carbonyl (C=O) groups is 1. The van der Waals surface area contributed by atoms with Crippen molar-refractivity contribution in [2.45, 2.75) is 97.3 Å². The fourth-order valence-corrected chi connectivity index (χ4v) is 2.80. The van der Waals surface area contributed by atoms with Crippen molar-refractivity contribution < 1.29 is 15.0 Å². The first-order chi connectivity index (χ1) is 9.98. The summed E-state index contributed by atoms with van der Waals surface area (Å²) in [7, 11) is 0. The van der Waals surface area contributed by atoms with Crippen molar-refractivity contribution in [2.24, 2.45) is 5.41 Å². The fourth-order valence-electron chi connectivity index (χ4n) is 2.80. The first-order valence-corrected chi connectivity index (χ1v) is 8.80. The Labute approximate surface area is 131 Å². The summed E-state index contributed by atoms with van der Waals surface area (Å²) in [5.41, 5.74) is -0.0552. The first kappa shape index (κ1) is 20.4. The molecule has 0 aromatic heterocycles. The van der Waals surface area contributed by atoms with Crippen molar-refractivity contribution in [3.8, 4) is 0 Å². The third-order valence-corrected chi connectivity index (χ3v) is 4.14. The minimum Gasteiger partial charge on any atom is -0.481 e. The van der Waals surface area contributed by atoms with Crippen LogP contribution in [0.3, 0.4) is 0 Å². The number of hydrogen-bond donors (Lipinski definition) is 2. The zero-order valence-electron chi connectivity index (χ0n) is 14.2. The van der Waals surface area contributed by atoms with Crippen LogP contribution in [0.4, 0.5) is 0 Å². The average molecular weight is 300 g/mol. The lowest BCUT2D eigenvalue weighted by Gasteiger charge is -2.21. The molecule has 0 heterocycles. The Bertz CT molecular complexity index is 249. The highest BCUT2D eigenvalue weighted by Crippen LogP contribution is 2.27. The van der Waals surface area contributed by atoms with Gasteiger partial charge >= 0.3 is 5.97 Å². The second kappa shape index (κ2) is 13.1. The second-order valence-electron chi connectivity index (χ2n) is 7.10. The normalized spacial score (nSPS) is 11.8. The molecule has 0 amide bonds. The molecule has 0 bridgehead atoms. The number of carboxylic acid groups (broad SMARTS) is 1. The molecule has 2 N–H and O–H groups in total. The quantitative estimate of drug-likeness (QED) is 0.411. The number of aliphatic carboxylic acids is 1. The lowest BCUT2D eigenvalue weighted by molar-refractivity contribution is -0.139. The van der Waals surface area contributed by atoms with E-state index in [0.29, 0.717) is 6.61 Å². The SMILES string of the molecule is CC(C)(CCCCCCCCCCCCCO)CC(=O)O. The largest absolute Gasteiger partial charge is 0.481 e. The van der Waals surface area contributed by atoms with E-state index in [1.54, 1.807) is 0 Å². The second-order valence-corrected chi connectivity index (χ2v) is 7.10. The number of aliphatic hydroxyl groups excluding tert-OH is 1. The van der Waals surface area contributed by atoms with Crippen LogP contribution >= 0.6 is 0 Å². The summed E-state index contributed by atoms with van der Waals surface area (Å²) in [4.78, 5) is 10.7. The molecule has 0 aliphatic carbocycles. The van der Waals surface area contributed by atoms with Crippen LogP contribution in [0.5, 0.6) is 0 Å². The summed E-state index contributed by atoms with van der Waals surface area (Å²) in [6, 6.07) is 0. The Balaban J connectivity index is 3.24. The highest BCUT2D eigenvalue weighted by Gasteiger charge is 2.20. The van der Waals surface area contributed by atoms with Crippen molar-refractivity contribution >= 4 is 5.97 Å². The predicted octanol–water partition coefficient (Wildman–Crippen LogP) is 5.16. The lowest BCUT2D eigenvalue weighted by Crippen LogP contribution is -2.16. The molecule has 0 atom stereocenters. The number of rotatable bonds is 15. The fraction of sp³-hybridized carbons (Fsp3) is 0.944. The maximum absolute atomic E-state index is 10.7. The topological polar surface area (TPSA) is 57.5 Å². The number of hydrogen-bond acceptors (Lipinski definition) is 2. The molecule has 126 valence electrons. The van der Waals surface area contributed by atoms with Crippen LogP contribution in [0.2, 0.25) is 0 Å². The van der Waals surface area contributed by atoms with Crippen LogP contribution in [0.15, 0.2) is 0 Å². The lowest BCUT2D eigenvalue weighted by atomic mass is 9.83. The van der Waals surface area contributed by atoms with E-state index in [2.05, 4.69) is 13.8 Å². The van der Waals surface area contributed by atoms with Gasteiger partial charge in [0, 0.05) is 6.61 Å². The maximum atomic E-state index is 10.7. The predicted molar refractivity (Wildman–Crippen MR) is 88.5 cm³/mol. The van der Waals surface area contributed by atoms with Crippen molar-refractivity contribution in [1.82, 2.24) is 0 Å². The van der Waals surface area contributed by atoms with Gasteiger partial charge in [0.25, 0.3) is 0 Å². The van der Waals surface area contributed by atoms with Crippen LogP contribution in [0.1, 0.15) is 97.3 Å². The molecule has 3 heteroatoms. The Morgan fingerprint density at radius 1 is 0.762 bits per heavy atom. The van der Waals surface area contributed by atoms with E-state index in [4.69, 9.17) is 10.2 Å². The highest BCUT2D eigenvalue weighted by molar-refractivity contribution is 5.67. The summed E-state index contributed by atoms with van der Waals surface area (Å²) in [5, 5.41) is 17.5. The zero-order chi connectivity index (χ0) is 16.0. The Kier molecular flexibility index (Phi) is 12.8. The molecule has 0 radical (unpaired) electrons. The van der Waals surface area contributed by atoms with Crippen LogP contribution < -0.4 is 0 Å². The molecule has 0 rings (SSSR count). The number of carboxylic acids is 1. The van der Waals surface area contributed by atoms with Crippen molar-refractivity contribution in [3.05, 3.63) is 0 Å². The van der Waals surface area contributed by atoms with Gasteiger partial charge in [-0.2, -0.15) is 0 Å². The summed E-state index contributed by atoms with van der Waals surface area (Å²) in [6.07, 6.45) is 15.0. The Hall–Kier alpha value is -0.570. The molecular formula is C18H36O3. The minimum atomic E-state index is -0.681. The van der Waals surface area contributed by atoms with Gasteiger partial charge in [-0.3, -0.25) is 4.79 Å². The molecule has 0 aliphatic heterocycles. The summed E-state index contributed by atoms with van der Waals surface area (Å²) >= 11 is 0. The molecule has 0 aromatic carbocycles. The number of aliphatic hydroxyl groups is 1. The monoisotopic (exact) mass is 300 g/mol. The highest BCUT2D eigenvalue weighted by atomic mass is 16.4. The van der Waals surface area contributed by atoms with Crippen molar-refractivity contribution in [2.75, 3.05) is 6.61 Å². The van der Waals surface area contributed by atoms with Crippen LogP contribution in [0, 0.1) is 5.41 Å². The van der Waals surface area contributed by atoms with E-state index in [-0.39, 0.29) is 11.8 Å². The first-order valence-electron chi connectivity index (χ1n) is 8.80. The van der Waals surface area contributed by atoms with Gasteiger partial charge in [-0.15, -0.1) is 0 Å². The molecule has 0 fully saturated rings. The van der Waals surface area contributed by atoms with Gasteiger partial charge in [-0.05, 0) is 18.3 Å². The third kappa shape index (κ3) is 15.6. The van der Waals surface area contributed by atoms with E-state index >= 15 is 0 Å². The average Bonchev–Trinajstić information content (AvgIpc) is 2.38. The van der Waals surface area contributed by atoms with Gasteiger partial charge in [0.1, 0.15) is 0 Å². The standard InChI is InChI=1S/C18H36O3/c1-18(2,16-17(20)21)14-12-10-8-6-4-3-5-7-9-11-13-15-19/h19H,3-16H2,1-2H3,(H,20,21). The Morgan fingerprint density at radius 3 is 1.52 bits per heavy atom. The molecule has 0 spiro atoms. The van der Waals surface area contributed by atoms with Crippen molar-refractivity contribution in [1.29, 1.82) is 0 Å². The molecule has 3 nitrogen and oxygen atoms in total. The molecule has 0 unspecified atom stereocenters. The third-order valence-electron chi connectivity index (χ3n) is 4.14. The molecule has 0 saturated carbocycles. The maximum Gasteiger partial charge on any atom is 0.303 e. The van der Waals surface area contributed by atoms with Crippen LogP contribution in [0.25, 0.3) is 0 Å². The van der Waals surface area contributed by atoms with Gasteiger partial charge in [-0.1, -0.05) is 78.1 Å². The van der Waals surface area contributed by atoms with Gasteiger partial charge < -0.3 is 10.2 Å². The smallest absolute Gasteiger partial charge is 0.303 e. The molecule has 21 heavy (non-hydrogen) atoms. The van der Waals surface area contributed by atoms with Gasteiger partial charge in [0.15, 0.2) is 0 Å². The molecule has 0 saturated heterocycles. The van der Waals surface area contributed by atoms with Crippen molar-refractivity contribution in [3.63, 3.8) is 0 Å². The zero-order valence-corrected chi connectivity index (χ0v) is 14.2. The summed E-state index contributed by atoms with van der Waals surface area (Å²) in [6.45, 7) is 4.44.